The predicted molar refractivity (Wildman–Crippen MR) is 113 cm³/mol. The Kier molecular flexibility index (Phi) is 7.06. The first-order valence-corrected chi connectivity index (χ1v) is 9.68. The summed E-state index contributed by atoms with van der Waals surface area (Å²) in [6, 6.07) is 14.6. The minimum atomic E-state index is 0. The Morgan fingerprint density at radius 1 is 1.04 bits per heavy atom. The number of rotatable bonds is 6. The van der Waals surface area contributed by atoms with Crippen LogP contribution < -0.4 is 0 Å². The van der Waals surface area contributed by atoms with Crippen LogP contribution in [0.4, 0.5) is 0 Å². The number of halogens is 1. The molecule has 1 amide bonds. The van der Waals surface area contributed by atoms with Crippen molar-refractivity contribution in [2.75, 3.05) is 26.3 Å². The van der Waals surface area contributed by atoms with Gasteiger partial charge in [-0.25, -0.2) is 0 Å². The molecule has 1 saturated heterocycles. The summed E-state index contributed by atoms with van der Waals surface area (Å²) in [5.74, 6) is 0.0602. The molecule has 4 rings (SSSR count). The lowest BCUT2D eigenvalue weighted by Gasteiger charge is -2.26. The Bertz CT molecular complexity index is 905. The molecule has 1 aromatic carbocycles. The maximum Gasteiger partial charge on any atom is 0.257 e. The van der Waals surface area contributed by atoms with Gasteiger partial charge in [0.05, 0.1) is 24.3 Å². The number of nitrogens with zero attached hydrogens (tertiary/aromatic N) is 3. The molecule has 0 N–H and O–H groups in total. The van der Waals surface area contributed by atoms with Crippen LogP contribution >= 0.6 is 12.4 Å². The van der Waals surface area contributed by atoms with Crippen molar-refractivity contribution in [1.82, 2.24) is 14.5 Å². The van der Waals surface area contributed by atoms with Gasteiger partial charge >= 0.3 is 0 Å². The standard InChI is InChI=1S/C22H25N3O2.ClH/c26-22(24-13-15-27-16-14-24)19-17-25(20-10-6-11-23-21(19)20)12-5-4-9-18-7-2-1-3-8-18;/h1-3,6-8,10-11,17H,4-5,9,12-16H2;1H. The van der Waals surface area contributed by atoms with Gasteiger partial charge in [0.2, 0.25) is 0 Å². The number of aromatic nitrogens is 2. The Morgan fingerprint density at radius 2 is 1.82 bits per heavy atom. The van der Waals surface area contributed by atoms with Crippen LogP contribution in [0.15, 0.2) is 54.9 Å². The highest BCUT2D eigenvalue weighted by Gasteiger charge is 2.23. The normalized spacial score (nSPS) is 14.1. The highest BCUT2D eigenvalue weighted by atomic mass is 35.5. The molecule has 0 aliphatic carbocycles. The number of amides is 1. The smallest absolute Gasteiger partial charge is 0.257 e. The Morgan fingerprint density at radius 3 is 2.61 bits per heavy atom. The molecule has 6 heteroatoms. The van der Waals surface area contributed by atoms with E-state index in [4.69, 9.17) is 4.74 Å². The maximum absolute atomic E-state index is 13.0. The van der Waals surface area contributed by atoms with Gasteiger partial charge < -0.3 is 14.2 Å². The van der Waals surface area contributed by atoms with Crippen molar-refractivity contribution in [3.63, 3.8) is 0 Å². The lowest BCUT2D eigenvalue weighted by Crippen LogP contribution is -2.40. The number of pyridine rings is 1. The molecular formula is C22H26ClN3O2. The van der Waals surface area contributed by atoms with Gasteiger partial charge in [0.1, 0.15) is 5.52 Å². The molecular weight excluding hydrogens is 374 g/mol. The van der Waals surface area contributed by atoms with E-state index in [0.29, 0.717) is 31.9 Å². The average molecular weight is 400 g/mol. The maximum atomic E-state index is 13.0. The fraction of sp³-hybridized carbons (Fsp3) is 0.364. The Balaban J connectivity index is 0.00000225. The van der Waals surface area contributed by atoms with Gasteiger partial charge in [-0.3, -0.25) is 9.78 Å². The molecule has 1 aliphatic rings. The van der Waals surface area contributed by atoms with E-state index in [1.165, 1.54) is 5.56 Å². The van der Waals surface area contributed by atoms with Crippen molar-refractivity contribution in [1.29, 1.82) is 0 Å². The molecule has 1 fully saturated rings. The second-order valence-electron chi connectivity index (χ2n) is 6.95. The van der Waals surface area contributed by atoms with Gasteiger partial charge in [0, 0.05) is 32.0 Å². The van der Waals surface area contributed by atoms with Gasteiger partial charge in [-0.1, -0.05) is 30.3 Å². The van der Waals surface area contributed by atoms with E-state index in [2.05, 4.69) is 45.9 Å². The lowest BCUT2D eigenvalue weighted by atomic mass is 10.1. The summed E-state index contributed by atoms with van der Waals surface area (Å²) in [5.41, 5.74) is 3.92. The van der Waals surface area contributed by atoms with Crippen molar-refractivity contribution in [3.05, 3.63) is 66.0 Å². The fourth-order valence-corrected chi connectivity index (χ4v) is 3.66. The van der Waals surface area contributed by atoms with Crippen molar-refractivity contribution in [2.24, 2.45) is 0 Å². The van der Waals surface area contributed by atoms with Crippen LogP contribution in [0.5, 0.6) is 0 Å². The van der Waals surface area contributed by atoms with E-state index in [-0.39, 0.29) is 18.3 Å². The summed E-state index contributed by atoms with van der Waals surface area (Å²) in [6.07, 6.45) is 7.02. The van der Waals surface area contributed by atoms with E-state index >= 15 is 0 Å². The van der Waals surface area contributed by atoms with Gasteiger partial charge in [-0.15, -0.1) is 12.4 Å². The van der Waals surface area contributed by atoms with E-state index in [1.54, 1.807) is 6.20 Å². The second-order valence-corrected chi connectivity index (χ2v) is 6.95. The third-order valence-corrected chi connectivity index (χ3v) is 5.12. The molecule has 2 aromatic heterocycles. The molecule has 0 atom stereocenters. The number of morpholine rings is 1. The predicted octanol–water partition coefficient (Wildman–Crippen LogP) is 3.95. The zero-order valence-electron chi connectivity index (χ0n) is 15.9. The molecule has 1 aliphatic heterocycles. The Labute approximate surface area is 171 Å². The molecule has 0 spiro atoms. The van der Waals surface area contributed by atoms with Crippen LogP contribution in [0.1, 0.15) is 28.8 Å². The van der Waals surface area contributed by atoms with Crippen LogP contribution in [0.3, 0.4) is 0 Å². The van der Waals surface area contributed by atoms with Crippen LogP contribution in [0.25, 0.3) is 11.0 Å². The van der Waals surface area contributed by atoms with E-state index in [1.807, 2.05) is 17.2 Å². The molecule has 0 unspecified atom stereocenters. The molecule has 0 radical (unpaired) electrons. The third-order valence-electron chi connectivity index (χ3n) is 5.12. The molecule has 0 bridgehead atoms. The summed E-state index contributed by atoms with van der Waals surface area (Å²) in [6.45, 7) is 3.41. The summed E-state index contributed by atoms with van der Waals surface area (Å²) < 4.78 is 7.55. The molecule has 28 heavy (non-hydrogen) atoms. The molecule has 5 nitrogen and oxygen atoms in total. The zero-order chi connectivity index (χ0) is 18.5. The van der Waals surface area contributed by atoms with Crippen molar-refractivity contribution < 1.29 is 9.53 Å². The number of hydrogen-bond acceptors (Lipinski definition) is 3. The molecule has 148 valence electrons. The quantitative estimate of drug-likeness (QED) is 0.589. The van der Waals surface area contributed by atoms with Crippen molar-refractivity contribution >= 4 is 29.3 Å². The molecule has 3 aromatic rings. The largest absolute Gasteiger partial charge is 0.378 e. The van der Waals surface area contributed by atoms with Crippen LogP contribution in [0, 0.1) is 0 Å². The van der Waals surface area contributed by atoms with Crippen LogP contribution in [0.2, 0.25) is 0 Å². The zero-order valence-corrected chi connectivity index (χ0v) is 16.7. The number of aryl methyl sites for hydroxylation is 2. The van der Waals surface area contributed by atoms with E-state index < -0.39 is 0 Å². The minimum absolute atomic E-state index is 0. The first-order chi connectivity index (χ1) is 13.3. The number of carbonyl (C=O) groups is 1. The lowest BCUT2D eigenvalue weighted by molar-refractivity contribution is 0.0304. The fourth-order valence-electron chi connectivity index (χ4n) is 3.66. The number of hydrogen-bond donors (Lipinski definition) is 0. The van der Waals surface area contributed by atoms with Gasteiger partial charge in [0.15, 0.2) is 0 Å². The summed E-state index contributed by atoms with van der Waals surface area (Å²) >= 11 is 0. The SMILES string of the molecule is Cl.O=C(c1cn(CCCCc2ccccc2)c2cccnc12)N1CCOCC1. The number of carbonyl (C=O) groups excluding carboxylic acids is 1. The average Bonchev–Trinajstić information content (AvgIpc) is 3.11. The number of fused-ring (bicyclic) bond motifs is 1. The first kappa shape index (κ1) is 20.4. The Hall–Kier alpha value is -2.37. The van der Waals surface area contributed by atoms with Gasteiger partial charge in [-0.2, -0.15) is 0 Å². The molecule has 3 heterocycles. The second kappa shape index (κ2) is 9.71. The topological polar surface area (TPSA) is 47.4 Å². The number of benzene rings is 1. The van der Waals surface area contributed by atoms with Crippen LogP contribution in [-0.2, 0) is 17.7 Å². The van der Waals surface area contributed by atoms with Crippen molar-refractivity contribution in [3.8, 4) is 0 Å². The highest BCUT2D eigenvalue weighted by molar-refractivity contribution is 6.05. The number of ether oxygens (including phenoxy) is 1. The third kappa shape index (κ3) is 4.54. The molecule has 0 saturated carbocycles. The van der Waals surface area contributed by atoms with Crippen LogP contribution in [-0.4, -0.2) is 46.7 Å². The monoisotopic (exact) mass is 399 g/mol. The van der Waals surface area contributed by atoms with E-state index in [0.717, 1.165) is 36.8 Å². The van der Waals surface area contributed by atoms with Gasteiger partial charge in [-0.05, 0) is 37.0 Å². The highest BCUT2D eigenvalue weighted by Crippen LogP contribution is 2.22. The first-order valence-electron chi connectivity index (χ1n) is 9.68. The number of unbranched alkanes of at least 4 members (excludes halogenated alkanes) is 1. The summed E-state index contributed by atoms with van der Waals surface area (Å²) in [7, 11) is 0. The van der Waals surface area contributed by atoms with Crippen molar-refractivity contribution in [2.45, 2.75) is 25.8 Å². The van der Waals surface area contributed by atoms with E-state index in [9.17, 15) is 4.79 Å². The minimum Gasteiger partial charge on any atom is -0.378 e. The summed E-state index contributed by atoms with van der Waals surface area (Å²) in [5, 5.41) is 0. The van der Waals surface area contributed by atoms with Gasteiger partial charge in [0.25, 0.3) is 5.91 Å². The summed E-state index contributed by atoms with van der Waals surface area (Å²) in [4.78, 5) is 19.3.